The van der Waals surface area contributed by atoms with E-state index in [0.29, 0.717) is 24.1 Å². The average Bonchev–Trinajstić information content (AvgIpc) is 3.65. The molecule has 8 nitrogen and oxygen atoms in total. The molecule has 3 heterocycles. The number of aromatic amines is 1. The number of fused-ring (bicyclic) bond motifs is 1. The quantitative estimate of drug-likeness (QED) is 0.361. The Hall–Kier alpha value is -3.72. The number of hydrogen-bond donors (Lipinski definition) is 2. The van der Waals surface area contributed by atoms with Crippen LogP contribution in [0.3, 0.4) is 0 Å². The van der Waals surface area contributed by atoms with Gasteiger partial charge in [-0.25, -0.2) is 9.67 Å². The van der Waals surface area contributed by atoms with Gasteiger partial charge in [0, 0.05) is 12.0 Å². The van der Waals surface area contributed by atoms with E-state index in [1.54, 1.807) is 11.0 Å². The summed E-state index contributed by atoms with van der Waals surface area (Å²) in [6.07, 6.45) is 3.51. The second-order valence-electron chi connectivity index (χ2n) is 8.47. The largest absolute Gasteiger partial charge is 0.459 e. The Labute approximate surface area is 206 Å². The van der Waals surface area contributed by atoms with Crippen molar-refractivity contribution in [2.24, 2.45) is 0 Å². The maximum atomic E-state index is 9.24. The summed E-state index contributed by atoms with van der Waals surface area (Å²) in [5.74, 6) is 0. The molecule has 0 amide bonds. The van der Waals surface area contributed by atoms with Gasteiger partial charge in [-0.2, -0.15) is 10.1 Å². The van der Waals surface area contributed by atoms with Crippen LogP contribution in [0.2, 0.25) is 5.02 Å². The molecule has 0 aliphatic carbocycles. The van der Waals surface area contributed by atoms with Gasteiger partial charge in [0.1, 0.15) is 18.8 Å². The number of aliphatic hydroxyl groups excluding tert-OH is 1. The first kappa shape index (κ1) is 21.8. The molecule has 0 spiro atoms. The van der Waals surface area contributed by atoms with E-state index in [-0.39, 0.29) is 18.8 Å². The lowest BCUT2D eigenvalue weighted by molar-refractivity contribution is 0.0528. The van der Waals surface area contributed by atoms with Gasteiger partial charge in [-0.1, -0.05) is 48.0 Å². The van der Waals surface area contributed by atoms with Crippen molar-refractivity contribution in [2.45, 2.75) is 18.6 Å². The van der Waals surface area contributed by atoms with Crippen LogP contribution in [-0.2, 0) is 4.74 Å². The summed E-state index contributed by atoms with van der Waals surface area (Å²) in [7, 11) is 0. The Balaban J connectivity index is 1.22. The molecule has 5 aromatic rings. The number of hydrogen-bond acceptors (Lipinski definition) is 6. The van der Waals surface area contributed by atoms with Crippen LogP contribution in [-0.4, -0.2) is 55.3 Å². The maximum Gasteiger partial charge on any atom is 0.294 e. The predicted molar refractivity (Wildman–Crippen MR) is 133 cm³/mol. The number of H-pyrrole nitrogens is 1. The Morgan fingerprint density at radius 1 is 1.06 bits per heavy atom. The smallest absolute Gasteiger partial charge is 0.294 e. The molecule has 2 unspecified atom stereocenters. The monoisotopic (exact) mass is 487 g/mol. The number of nitrogens with one attached hydrogen (secondary N) is 1. The Morgan fingerprint density at radius 3 is 2.49 bits per heavy atom. The zero-order chi connectivity index (χ0) is 23.8. The molecule has 3 aromatic carbocycles. The van der Waals surface area contributed by atoms with E-state index in [1.807, 2.05) is 24.3 Å². The second-order valence-corrected chi connectivity index (χ2v) is 8.88. The molecule has 6 rings (SSSR count). The second kappa shape index (κ2) is 9.14. The number of benzene rings is 3. The minimum absolute atomic E-state index is 0.00789. The maximum absolute atomic E-state index is 9.24. The van der Waals surface area contributed by atoms with E-state index < -0.39 is 0 Å². The van der Waals surface area contributed by atoms with Gasteiger partial charge in [-0.15, -0.1) is 0 Å². The molecule has 176 valence electrons. The van der Waals surface area contributed by atoms with Crippen LogP contribution >= 0.6 is 11.6 Å². The van der Waals surface area contributed by atoms with E-state index >= 15 is 0 Å². The van der Waals surface area contributed by atoms with E-state index in [9.17, 15) is 5.11 Å². The molecular formula is C26H22ClN5O3. The molecule has 2 aromatic heterocycles. The summed E-state index contributed by atoms with van der Waals surface area (Å²) >= 11 is 6.63. The van der Waals surface area contributed by atoms with Crippen molar-refractivity contribution in [2.75, 3.05) is 13.2 Å². The lowest BCUT2D eigenvalue weighted by atomic mass is 10.00. The molecule has 2 N–H and O–H groups in total. The molecule has 1 fully saturated rings. The Morgan fingerprint density at radius 2 is 1.80 bits per heavy atom. The third-order valence-electron chi connectivity index (χ3n) is 6.15. The van der Waals surface area contributed by atoms with E-state index in [2.05, 4.69) is 56.4 Å². The number of nitrogens with zero attached hydrogens (tertiary/aromatic N) is 4. The van der Waals surface area contributed by atoms with Gasteiger partial charge >= 0.3 is 0 Å². The van der Waals surface area contributed by atoms with Crippen LogP contribution in [0.25, 0.3) is 39.0 Å². The number of aliphatic hydroxyl groups is 1. The standard InChI is InChI=1S/C26H22ClN5O3/c27-23-11-25-24(30-26(31-25)35-21-9-20(12-33)34-13-21)10-22(23)18-3-1-16(2-4-18)17-5-7-19(8-6-17)32-15-28-14-29-32/h1-8,10-11,14-15,20-21,33H,9,12-13H2,(H,30,31). The van der Waals surface area contributed by atoms with Crippen molar-refractivity contribution < 1.29 is 14.6 Å². The molecular weight excluding hydrogens is 466 g/mol. The van der Waals surface area contributed by atoms with Gasteiger partial charge in [0.15, 0.2) is 0 Å². The first-order valence-electron chi connectivity index (χ1n) is 11.3. The molecule has 1 saturated heterocycles. The van der Waals surface area contributed by atoms with Crippen LogP contribution in [0.4, 0.5) is 0 Å². The summed E-state index contributed by atoms with van der Waals surface area (Å²) in [5, 5.41) is 14.0. The van der Waals surface area contributed by atoms with Crippen LogP contribution in [0.5, 0.6) is 6.01 Å². The normalized spacial score (nSPS) is 17.8. The summed E-state index contributed by atoms with van der Waals surface area (Å²) in [4.78, 5) is 11.7. The zero-order valence-electron chi connectivity index (χ0n) is 18.6. The summed E-state index contributed by atoms with van der Waals surface area (Å²) < 4.78 is 13.1. The van der Waals surface area contributed by atoms with Gasteiger partial charge < -0.3 is 19.6 Å². The van der Waals surface area contributed by atoms with Gasteiger partial charge in [-0.05, 0) is 41.0 Å². The minimum Gasteiger partial charge on any atom is -0.459 e. The van der Waals surface area contributed by atoms with Gasteiger partial charge in [-0.3, -0.25) is 0 Å². The number of aromatic nitrogens is 5. The first-order chi connectivity index (χ1) is 17.2. The Bertz CT molecular complexity index is 1450. The number of rotatable bonds is 6. The molecule has 35 heavy (non-hydrogen) atoms. The van der Waals surface area contributed by atoms with Crippen molar-refractivity contribution in [3.63, 3.8) is 0 Å². The molecule has 1 aliphatic rings. The molecule has 9 heteroatoms. The third kappa shape index (κ3) is 4.39. The van der Waals surface area contributed by atoms with Crippen LogP contribution in [0, 0.1) is 0 Å². The lowest BCUT2D eigenvalue weighted by Gasteiger charge is -2.08. The van der Waals surface area contributed by atoms with Gasteiger partial charge in [0.2, 0.25) is 0 Å². The molecule has 0 radical (unpaired) electrons. The number of ether oxygens (including phenoxy) is 2. The van der Waals surface area contributed by atoms with E-state index in [0.717, 1.165) is 39.0 Å². The molecule has 2 atom stereocenters. The van der Waals surface area contributed by atoms with Crippen LogP contribution in [0.15, 0.2) is 73.3 Å². The molecule has 0 bridgehead atoms. The topological polar surface area (TPSA) is 98.1 Å². The van der Waals surface area contributed by atoms with Crippen molar-refractivity contribution in [3.8, 4) is 34.0 Å². The number of halogens is 1. The van der Waals surface area contributed by atoms with Crippen LogP contribution < -0.4 is 4.74 Å². The molecule has 1 aliphatic heterocycles. The van der Waals surface area contributed by atoms with Crippen molar-refractivity contribution in [1.29, 1.82) is 0 Å². The first-order valence-corrected chi connectivity index (χ1v) is 11.7. The van der Waals surface area contributed by atoms with Crippen molar-refractivity contribution in [1.82, 2.24) is 24.7 Å². The highest BCUT2D eigenvalue weighted by molar-refractivity contribution is 6.34. The molecule has 0 saturated carbocycles. The fourth-order valence-corrected chi connectivity index (χ4v) is 4.59. The average molecular weight is 488 g/mol. The van der Waals surface area contributed by atoms with Gasteiger partial charge in [0.05, 0.1) is 41.1 Å². The highest BCUT2D eigenvalue weighted by atomic mass is 35.5. The minimum atomic E-state index is -0.181. The van der Waals surface area contributed by atoms with Crippen LogP contribution in [0.1, 0.15) is 6.42 Å². The van der Waals surface area contributed by atoms with E-state index in [4.69, 9.17) is 21.1 Å². The van der Waals surface area contributed by atoms with Crippen molar-refractivity contribution >= 4 is 22.6 Å². The Kier molecular flexibility index (Phi) is 5.69. The van der Waals surface area contributed by atoms with E-state index in [1.165, 1.54) is 6.33 Å². The lowest BCUT2D eigenvalue weighted by Crippen LogP contribution is -2.17. The summed E-state index contributed by atoms with van der Waals surface area (Å²) in [5.41, 5.74) is 6.64. The predicted octanol–water partition coefficient (Wildman–Crippen LogP) is 4.66. The third-order valence-corrected chi connectivity index (χ3v) is 6.47. The summed E-state index contributed by atoms with van der Waals surface area (Å²) in [6.45, 7) is 0.426. The fraction of sp³-hybridized carbons (Fsp3) is 0.192. The van der Waals surface area contributed by atoms with Crippen molar-refractivity contribution in [3.05, 3.63) is 78.3 Å². The summed E-state index contributed by atoms with van der Waals surface area (Å²) in [6, 6.07) is 20.7. The highest BCUT2D eigenvalue weighted by Gasteiger charge is 2.27. The SMILES string of the molecule is OCC1CC(Oc2nc3cc(-c4ccc(-c5ccc(-n6cncn6)cc5)cc4)c(Cl)cc3[nH]2)CO1. The van der Waals surface area contributed by atoms with Gasteiger partial charge in [0.25, 0.3) is 6.01 Å². The zero-order valence-corrected chi connectivity index (χ0v) is 19.4. The highest BCUT2D eigenvalue weighted by Crippen LogP contribution is 2.34. The fourth-order valence-electron chi connectivity index (χ4n) is 4.31. The number of imidazole rings is 1.